The van der Waals surface area contributed by atoms with Crippen LogP contribution in [0.25, 0.3) is 20.2 Å². The first-order valence-corrected chi connectivity index (χ1v) is 7.12. The molecule has 1 atom stereocenters. The van der Waals surface area contributed by atoms with Crippen LogP contribution in [0.3, 0.4) is 0 Å². The van der Waals surface area contributed by atoms with Crippen LogP contribution in [-0.4, -0.2) is 7.05 Å². The number of hydrogen-bond donors (Lipinski definition) is 2. The molecule has 3 N–H and O–H groups in total. The van der Waals surface area contributed by atoms with E-state index in [1.54, 1.807) is 6.20 Å². The van der Waals surface area contributed by atoms with Gasteiger partial charge >= 0.3 is 0 Å². The molecule has 3 heteroatoms. The zero-order valence-corrected chi connectivity index (χ0v) is 11.6. The van der Waals surface area contributed by atoms with E-state index in [0.717, 1.165) is 0 Å². The monoisotopic (exact) mass is 268 g/mol. The van der Waals surface area contributed by atoms with E-state index in [-0.39, 0.29) is 6.04 Å². The van der Waals surface area contributed by atoms with Gasteiger partial charge in [-0.1, -0.05) is 36.4 Å². The third-order valence-corrected chi connectivity index (χ3v) is 4.62. The lowest BCUT2D eigenvalue weighted by Crippen LogP contribution is -2.14. The highest BCUT2D eigenvalue weighted by Gasteiger charge is 2.13. The summed E-state index contributed by atoms with van der Waals surface area (Å²) in [7, 11) is 1.96. The molecule has 0 aliphatic carbocycles. The van der Waals surface area contributed by atoms with E-state index in [1.807, 2.05) is 24.5 Å². The maximum absolute atomic E-state index is 5.54. The molecule has 19 heavy (non-hydrogen) atoms. The van der Waals surface area contributed by atoms with Crippen LogP contribution in [0.15, 0.2) is 54.7 Å². The summed E-state index contributed by atoms with van der Waals surface area (Å²) in [5.41, 5.74) is 6.82. The van der Waals surface area contributed by atoms with Crippen molar-refractivity contribution >= 4 is 31.5 Å². The van der Waals surface area contributed by atoms with E-state index in [0.29, 0.717) is 0 Å². The summed E-state index contributed by atoms with van der Waals surface area (Å²) in [5, 5.41) is 5.95. The molecule has 0 saturated carbocycles. The van der Waals surface area contributed by atoms with Gasteiger partial charge in [0.25, 0.3) is 0 Å². The molecule has 96 valence electrons. The normalized spacial score (nSPS) is 13.5. The summed E-state index contributed by atoms with van der Waals surface area (Å²) < 4.78 is 2.66. The molecule has 0 aliphatic heterocycles. The number of rotatable bonds is 3. The van der Waals surface area contributed by atoms with Gasteiger partial charge in [-0.25, -0.2) is 0 Å². The standard InChI is InChI=1S/C16H16N2S/c1-18-14(9-10-17)13-7-4-6-12-11-5-2-3-8-15(11)19-16(12)13/h2-10,14,18H,17H2,1H3/b10-9-. The van der Waals surface area contributed by atoms with E-state index in [1.165, 1.54) is 25.7 Å². The van der Waals surface area contributed by atoms with Crippen molar-refractivity contribution in [2.24, 2.45) is 5.73 Å². The van der Waals surface area contributed by atoms with Crippen molar-refractivity contribution in [1.82, 2.24) is 5.32 Å². The SMILES string of the molecule is CNC(/C=C\N)c1cccc2c1sc1ccccc12. The van der Waals surface area contributed by atoms with E-state index >= 15 is 0 Å². The zero-order chi connectivity index (χ0) is 13.2. The average molecular weight is 268 g/mol. The smallest absolute Gasteiger partial charge is 0.0534 e. The van der Waals surface area contributed by atoms with Gasteiger partial charge in [0.15, 0.2) is 0 Å². The van der Waals surface area contributed by atoms with Gasteiger partial charge in [-0.3, -0.25) is 0 Å². The average Bonchev–Trinajstić information content (AvgIpc) is 2.83. The van der Waals surface area contributed by atoms with Crippen molar-refractivity contribution in [3.63, 3.8) is 0 Å². The van der Waals surface area contributed by atoms with Crippen molar-refractivity contribution in [2.75, 3.05) is 7.05 Å². The number of nitrogens with two attached hydrogens (primary N) is 1. The van der Waals surface area contributed by atoms with Gasteiger partial charge in [0.05, 0.1) is 6.04 Å². The highest BCUT2D eigenvalue weighted by molar-refractivity contribution is 7.26. The van der Waals surface area contributed by atoms with Crippen LogP contribution in [0.5, 0.6) is 0 Å². The summed E-state index contributed by atoms with van der Waals surface area (Å²) in [4.78, 5) is 0. The molecule has 2 aromatic carbocycles. The summed E-state index contributed by atoms with van der Waals surface area (Å²) in [6.07, 6.45) is 3.59. The highest BCUT2D eigenvalue weighted by Crippen LogP contribution is 2.37. The minimum atomic E-state index is 0.154. The Morgan fingerprint density at radius 3 is 2.68 bits per heavy atom. The van der Waals surface area contributed by atoms with Crippen molar-refractivity contribution < 1.29 is 0 Å². The van der Waals surface area contributed by atoms with E-state index in [9.17, 15) is 0 Å². The lowest BCUT2D eigenvalue weighted by molar-refractivity contribution is 0.719. The molecule has 1 unspecified atom stereocenters. The molecular weight excluding hydrogens is 252 g/mol. The topological polar surface area (TPSA) is 38.0 Å². The van der Waals surface area contributed by atoms with Crippen LogP contribution in [0, 0.1) is 0 Å². The molecule has 0 spiro atoms. The predicted octanol–water partition coefficient (Wildman–Crippen LogP) is 3.79. The van der Waals surface area contributed by atoms with Gasteiger partial charge < -0.3 is 11.1 Å². The molecule has 2 nitrogen and oxygen atoms in total. The van der Waals surface area contributed by atoms with Crippen LogP contribution < -0.4 is 11.1 Å². The molecular formula is C16H16N2S. The number of thiophene rings is 1. The van der Waals surface area contributed by atoms with Gasteiger partial charge in [0.1, 0.15) is 0 Å². The highest BCUT2D eigenvalue weighted by atomic mass is 32.1. The number of fused-ring (bicyclic) bond motifs is 3. The molecule has 0 fully saturated rings. The Morgan fingerprint density at radius 1 is 1.11 bits per heavy atom. The van der Waals surface area contributed by atoms with E-state index in [2.05, 4.69) is 47.8 Å². The maximum atomic E-state index is 5.54. The van der Waals surface area contributed by atoms with Crippen molar-refractivity contribution in [3.8, 4) is 0 Å². The number of hydrogen-bond acceptors (Lipinski definition) is 3. The Morgan fingerprint density at radius 2 is 1.89 bits per heavy atom. The van der Waals surface area contributed by atoms with Crippen LogP contribution in [0.4, 0.5) is 0 Å². The second-order valence-electron chi connectivity index (χ2n) is 4.47. The maximum Gasteiger partial charge on any atom is 0.0534 e. The number of likely N-dealkylation sites (N-methyl/N-ethyl adjacent to an activating group) is 1. The lowest BCUT2D eigenvalue weighted by atomic mass is 10.0. The van der Waals surface area contributed by atoms with Crippen LogP contribution in [0.2, 0.25) is 0 Å². The fraction of sp³-hybridized carbons (Fsp3) is 0.125. The molecule has 0 radical (unpaired) electrons. The van der Waals surface area contributed by atoms with Crippen LogP contribution in [0.1, 0.15) is 11.6 Å². The number of benzene rings is 2. The first kappa shape index (κ1) is 12.2. The summed E-state index contributed by atoms with van der Waals surface area (Å²) in [6, 6.07) is 15.2. The molecule has 0 saturated heterocycles. The summed E-state index contributed by atoms with van der Waals surface area (Å²) >= 11 is 1.84. The Balaban J connectivity index is 2.31. The van der Waals surface area contributed by atoms with Crippen molar-refractivity contribution in [2.45, 2.75) is 6.04 Å². The van der Waals surface area contributed by atoms with E-state index < -0.39 is 0 Å². The Kier molecular flexibility index (Phi) is 3.23. The van der Waals surface area contributed by atoms with Crippen LogP contribution >= 0.6 is 11.3 Å². The lowest BCUT2D eigenvalue weighted by Gasteiger charge is -2.12. The van der Waals surface area contributed by atoms with Crippen molar-refractivity contribution in [1.29, 1.82) is 0 Å². The van der Waals surface area contributed by atoms with Crippen LogP contribution in [-0.2, 0) is 0 Å². The molecule has 3 aromatic rings. The summed E-state index contributed by atoms with van der Waals surface area (Å²) in [5.74, 6) is 0. The number of nitrogens with one attached hydrogen (secondary N) is 1. The third-order valence-electron chi connectivity index (χ3n) is 3.38. The molecule has 1 aromatic heterocycles. The predicted molar refractivity (Wildman–Crippen MR) is 84.5 cm³/mol. The van der Waals surface area contributed by atoms with Gasteiger partial charge in [0.2, 0.25) is 0 Å². The first-order chi connectivity index (χ1) is 9.35. The quantitative estimate of drug-likeness (QED) is 0.758. The van der Waals surface area contributed by atoms with Gasteiger partial charge in [0, 0.05) is 20.2 Å². The van der Waals surface area contributed by atoms with E-state index in [4.69, 9.17) is 5.73 Å². The fourth-order valence-electron chi connectivity index (χ4n) is 2.48. The Hall–Kier alpha value is -1.84. The summed E-state index contributed by atoms with van der Waals surface area (Å²) in [6.45, 7) is 0. The zero-order valence-electron chi connectivity index (χ0n) is 10.8. The van der Waals surface area contributed by atoms with Gasteiger partial charge in [-0.05, 0) is 31.0 Å². The minimum Gasteiger partial charge on any atom is -0.405 e. The Labute approximate surface area is 116 Å². The van der Waals surface area contributed by atoms with Crippen molar-refractivity contribution in [3.05, 3.63) is 60.3 Å². The minimum absolute atomic E-state index is 0.154. The van der Waals surface area contributed by atoms with Gasteiger partial charge in [-0.2, -0.15) is 0 Å². The van der Waals surface area contributed by atoms with Gasteiger partial charge in [-0.15, -0.1) is 11.3 Å². The third kappa shape index (κ3) is 2.01. The molecule has 0 aliphatic rings. The second-order valence-corrected chi connectivity index (χ2v) is 5.53. The fourth-order valence-corrected chi connectivity index (χ4v) is 3.74. The molecule has 1 heterocycles. The first-order valence-electron chi connectivity index (χ1n) is 6.31. The Bertz CT molecular complexity index is 743. The largest absolute Gasteiger partial charge is 0.405 e. The molecule has 3 rings (SSSR count). The molecule has 0 amide bonds. The second kappa shape index (κ2) is 5.03. The molecule has 0 bridgehead atoms.